The van der Waals surface area contributed by atoms with E-state index >= 15 is 0 Å². The molecular weight excluding hydrogens is 761 g/mol. The Morgan fingerprint density at radius 3 is 2.52 bits per heavy atom. The maximum atomic E-state index is 13.6. The predicted octanol–water partition coefficient (Wildman–Crippen LogP) is 4.71. The number of nitrogens with one attached hydrogen (secondary N) is 1. The highest BCUT2D eigenvalue weighted by atomic mass is 32.2. The van der Waals surface area contributed by atoms with Crippen molar-refractivity contribution in [2.45, 2.75) is 89.2 Å². The molecule has 0 saturated carbocycles. The molecule has 3 aromatic rings. The van der Waals surface area contributed by atoms with Gasteiger partial charge in [0.25, 0.3) is 20.2 Å². The highest BCUT2D eigenvalue weighted by molar-refractivity contribution is 7.86. The van der Waals surface area contributed by atoms with E-state index in [1.54, 1.807) is 38.4 Å². The minimum Gasteiger partial charge on any atom is -0.454 e. The summed E-state index contributed by atoms with van der Waals surface area (Å²) in [7, 11) is -9.68. The van der Waals surface area contributed by atoms with Crippen LogP contribution in [0, 0.1) is 0 Å². The van der Waals surface area contributed by atoms with E-state index in [2.05, 4.69) is 58.1 Å². The van der Waals surface area contributed by atoms with E-state index in [9.17, 15) is 30.7 Å². The van der Waals surface area contributed by atoms with Crippen molar-refractivity contribution < 1.29 is 35.5 Å². The number of fused-ring (bicyclic) bond motifs is 4. The zero-order valence-corrected chi connectivity index (χ0v) is 33.5. The Morgan fingerprint density at radius 2 is 1.82 bits per heavy atom. The van der Waals surface area contributed by atoms with E-state index < -0.39 is 36.4 Å². The first-order valence-electron chi connectivity index (χ1n) is 18.5. The molecule has 0 radical (unpaired) electrons. The molecule has 0 spiro atoms. The molecule has 1 amide bonds. The molecule has 7 rings (SSSR count). The smallest absolute Gasteiger partial charge is 0.300 e. The number of nitrogens with zero attached hydrogens (tertiary/aromatic N) is 7. The number of carbonyl (C=O) groups is 1. The lowest BCUT2D eigenvalue weighted by molar-refractivity contribution is -0.119. The van der Waals surface area contributed by atoms with Crippen LogP contribution < -0.4 is 25.5 Å². The van der Waals surface area contributed by atoms with Crippen LogP contribution in [0.5, 0.6) is 11.5 Å². The van der Waals surface area contributed by atoms with Crippen LogP contribution in [0.3, 0.4) is 0 Å². The number of amides is 1. The van der Waals surface area contributed by atoms with Crippen LogP contribution in [0.15, 0.2) is 51.7 Å². The average Bonchev–Trinajstić information content (AvgIpc) is 3.56. The lowest BCUT2D eigenvalue weighted by Crippen LogP contribution is -2.48. The van der Waals surface area contributed by atoms with Crippen molar-refractivity contribution in [1.29, 1.82) is 0 Å². The summed E-state index contributed by atoms with van der Waals surface area (Å²) < 4.78 is 81.6. The van der Waals surface area contributed by atoms with Crippen LogP contribution in [0.4, 0.5) is 5.69 Å². The van der Waals surface area contributed by atoms with Crippen molar-refractivity contribution in [2.75, 3.05) is 30.3 Å². The predicted molar refractivity (Wildman–Crippen MR) is 210 cm³/mol. The lowest BCUT2D eigenvalue weighted by atomic mass is 9.79. The van der Waals surface area contributed by atoms with E-state index in [0.29, 0.717) is 55.1 Å². The van der Waals surface area contributed by atoms with E-state index in [1.165, 1.54) is 0 Å². The Kier molecular flexibility index (Phi) is 9.94. The fourth-order valence-electron chi connectivity index (χ4n) is 8.42. The number of ether oxygens (including phenoxy) is 1. The second kappa shape index (κ2) is 14.2. The summed E-state index contributed by atoms with van der Waals surface area (Å²) in [5.41, 5.74) is 12.5. The monoisotopic (exact) mass is 804 g/mol. The van der Waals surface area contributed by atoms with Crippen molar-refractivity contribution in [1.82, 2.24) is 14.9 Å². The standard InChI is InChI=1S/C38H44N8O8S2/c1-6-22-19-38(4,5)46-14-9-10-24-32(46)26(22)17-27-30(36-41-12-15-45(36)13-8-7-11-40-29(47)20-42-44-39)28-16-25-23(21-55(48,49)50)18-37(2,3)43-31(25)35(56(51,52)53)34(28)54-33(24)27/h12,15-19H,6-11,13-14,20-21H2,1-5H3,(H,40,47)(H,48,49,50)(H,51,52,53). The Hall–Kier alpha value is -5.00. The third-order valence-electron chi connectivity index (χ3n) is 10.6. The molecule has 0 aliphatic carbocycles. The molecule has 5 heterocycles. The highest BCUT2D eigenvalue weighted by Gasteiger charge is 2.41. The number of allylic oxidation sites excluding steroid dienone is 1. The number of rotatable bonds is 12. The van der Waals surface area contributed by atoms with Gasteiger partial charge in [0.1, 0.15) is 23.9 Å². The molecule has 0 saturated heterocycles. The second-order valence-electron chi connectivity index (χ2n) is 15.5. The molecule has 0 fully saturated rings. The maximum absolute atomic E-state index is 13.6. The number of unbranched alkanes of at least 4 members (excludes halogenated alkanes) is 1. The summed E-state index contributed by atoms with van der Waals surface area (Å²) in [6, 6.07) is 3.67. The molecule has 18 heteroatoms. The first-order chi connectivity index (χ1) is 26.3. The number of aromatic nitrogens is 2. The van der Waals surface area contributed by atoms with Gasteiger partial charge in [0, 0.05) is 70.0 Å². The van der Waals surface area contributed by atoms with Gasteiger partial charge in [-0.25, -0.2) is 4.98 Å². The van der Waals surface area contributed by atoms with Crippen molar-refractivity contribution in [2.24, 2.45) is 10.1 Å². The van der Waals surface area contributed by atoms with Crippen molar-refractivity contribution in [3.63, 3.8) is 0 Å². The van der Waals surface area contributed by atoms with Gasteiger partial charge in [-0.1, -0.05) is 24.2 Å². The van der Waals surface area contributed by atoms with E-state index in [-0.39, 0.29) is 45.5 Å². The minimum atomic E-state index is -5.09. The number of aryl methyl sites for hydroxylation is 1. The number of benzene rings is 2. The lowest BCUT2D eigenvalue weighted by Gasteiger charge is -2.47. The summed E-state index contributed by atoms with van der Waals surface area (Å²) in [5, 5.41) is 6.09. The molecule has 296 valence electrons. The molecule has 2 aromatic carbocycles. The summed E-state index contributed by atoms with van der Waals surface area (Å²) in [5.74, 6) is -0.460. The molecule has 56 heavy (non-hydrogen) atoms. The van der Waals surface area contributed by atoms with Crippen LogP contribution in [0.1, 0.15) is 88.4 Å². The molecule has 4 aliphatic rings. The first kappa shape index (κ1) is 39.2. The average molecular weight is 805 g/mol. The SMILES string of the molecule is CCC1=CC(C)(C)N2CCCc3c4c(cc1c32)C(c1nccn1CCCCNC(=O)CN=[N+]=[N-])=c1cc2c(c(S(=O)(=O)O)c1O4)=NC(C)(C)C=C2CS(=O)(=O)O. The number of hydrogen-bond donors (Lipinski definition) is 3. The summed E-state index contributed by atoms with van der Waals surface area (Å²) in [6.07, 6.45) is 10.7. The van der Waals surface area contributed by atoms with Crippen molar-refractivity contribution in [3.05, 3.63) is 85.8 Å². The molecule has 4 aliphatic heterocycles. The Balaban J connectivity index is 1.52. The third-order valence-corrected chi connectivity index (χ3v) is 12.1. The van der Waals surface area contributed by atoms with Gasteiger partial charge in [-0.05, 0) is 88.6 Å². The summed E-state index contributed by atoms with van der Waals surface area (Å²) in [6.45, 7) is 11.1. The quantitative estimate of drug-likeness (QED) is 0.0587. The summed E-state index contributed by atoms with van der Waals surface area (Å²) in [4.78, 5) is 25.8. The van der Waals surface area contributed by atoms with E-state index in [4.69, 9.17) is 15.3 Å². The number of azide groups is 1. The van der Waals surface area contributed by atoms with Gasteiger partial charge in [0.05, 0.1) is 22.1 Å². The molecule has 0 bridgehead atoms. The first-order valence-corrected chi connectivity index (χ1v) is 21.5. The second-order valence-corrected chi connectivity index (χ2v) is 18.4. The normalized spacial score (nSPS) is 17.5. The number of hydrogen-bond acceptors (Lipinski definition) is 10. The molecule has 0 atom stereocenters. The maximum Gasteiger partial charge on any atom is 0.300 e. The van der Waals surface area contributed by atoms with Crippen molar-refractivity contribution in [3.8, 4) is 11.5 Å². The Bertz CT molecular complexity index is 2660. The molecule has 3 N–H and O–H groups in total. The number of anilines is 1. The van der Waals surface area contributed by atoms with E-state index in [0.717, 1.165) is 41.8 Å². The van der Waals surface area contributed by atoms with E-state index in [1.807, 2.05) is 4.57 Å². The van der Waals surface area contributed by atoms with Gasteiger partial charge in [-0.3, -0.25) is 18.9 Å². The molecular formula is C38H44N8O8S2. The van der Waals surface area contributed by atoms with Gasteiger partial charge in [-0.2, -0.15) is 16.8 Å². The zero-order chi connectivity index (χ0) is 40.4. The molecule has 0 unspecified atom stereocenters. The van der Waals surface area contributed by atoms with Crippen LogP contribution in [0.25, 0.3) is 27.2 Å². The number of imidazole rings is 1. The Labute approximate surface area is 324 Å². The topological polar surface area (TPSA) is 229 Å². The van der Waals surface area contributed by atoms with Crippen LogP contribution >= 0.6 is 0 Å². The van der Waals surface area contributed by atoms with Gasteiger partial charge in [0.15, 0.2) is 10.6 Å². The largest absolute Gasteiger partial charge is 0.454 e. The fourth-order valence-corrected chi connectivity index (χ4v) is 9.84. The fraction of sp³-hybridized carbons (Fsp3) is 0.447. The van der Waals surface area contributed by atoms with Crippen LogP contribution in [0.2, 0.25) is 0 Å². The van der Waals surface area contributed by atoms with Gasteiger partial charge < -0.3 is 19.5 Å². The van der Waals surface area contributed by atoms with Crippen LogP contribution in [-0.2, 0) is 38.0 Å². The zero-order valence-electron chi connectivity index (χ0n) is 31.8. The third kappa shape index (κ3) is 7.23. The Morgan fingerprint density at radius 1 is 1.05 bits per heavy atom. The highest BCUT2D eigenvalue weighted by Crippen LogP contribution is 2.52. The van der Waals surface area contributed by atoms with Crippen molar-refractivity contribution >= 4 is 48.6 Å². The van der Waals surface area contributed by atoms with Crippen LogP contribution in [-0.4, -0.2) is 77.9 Å². The number of carbonyl (C=O) groups excluding carboxylic acids is 1. The minimum absolute atomic E-state index is 0.105. The van der Waals surface area contributed by atoms with Gasteiger partial charge >= 0.3 is 0 Å². The molecule has 1 aromatic heterocycles. The van der Waals surface area contributed by atoms with Gasteiger partial charge in [-0.15, -0.1) is 0 Å². The van der Waals surface area contributed by atoms with Gasteiger partial charge in [0.2, 0.25) is 5.91 Å². The molecule has 16 nitrogen and oxygen atoms in total. The summed E-state index contributed by atoms with van der Waals surface area (Å²) >= 11 is 0.